The summed E-state index contributed by atoms with van der Waals surface area (Å²) in [6, 6.07) is 3.55. The lowest BCUT2D eigenvalue weighted by Crippen LogP contribution is -2.31. The maximum absolute atomic E-state index is 14.4. The van der Waals surface area contributed by atoms with Gasteiger partial charge in [-0.05, 0) is 50.0 Å². The number of H-pyrrole nitrogens is 1. The lowest BCUT2D eigenvalue weighted by atomic mass is 10.1. The van der Waals surface area contributed by atoms with Crippen LogP contribution in [0.2, 0.25) is 0 Å². The van der Waals surface area contributed by atoms with Crippen LogP contribution in [0.1, 0.15) is 24.8 Å². The third-order valence-corrected chi connectivity index (χ3v) is 4.20. The average molecular weight is 276 g/mol. The molecule has 0 radical (unpaired) electrons. The van der Waals surface area contributed by atoms with Crippen molar-refractivity contribution in [2.45, 2.75) is 25.7 Å². The Morgan fingerprint density at radius 2 is 2.05 bits per heavy atom. The molecule has 0 unspecified atom stereocenters. The highest BCUT2D eigenvalue weighted by Gasteiger charge is 2.15. The lowest BCUT2D eigenvalue weighted by Gasteiger charge is -2.26. The minimum Gasteiger partial charge on any atom is -0.494 e. The first-order chi connectivity index (χ1) is 9.79. The summed E-state index contributed by atoms with van der Waals surface area (Å²) in [5, 5.41) is 0.682. The van der Waals surface area contributed by atoms with E-state index in [4.69, 9.17) is 4.74 Å². The number of hydrogen-bond acceptors (Lipinski definition) is 2. The van der Waals surface area contributed by atoms with Crippen molar-refractivity contribution < 1.29 is 9.13 Å². The molecule has 20 heavy (non-hydrogen) atoms. The molecule has 0 atom stereocenters. The van der Waals surface area contributed by atoms with Crippen LogP contribution in [0, 0.1) is 5.82 Å². The first-order valence-corrected chi connectivity index (χ1v) is 7.34. The van der Waals surface area contributed by atoms with Crippen molar-refractivity contribution in [1.29, 1.82) is 0 Å². The Hall–Kier alpha value is -1.55. The number of nitrogens with zero attached hydrogens (tertiary/aromatic N) is 1. The molecular formula is C16H21FN2O. The first-order valence-electron chi connectivity index (χ1n) is 7.34. The summed E-state index contributed by atoms with van der Waals surface area (Å²) in [4.78, 5) is 5.63. The smallest absolute Gasteiger partial charge is 0.174 e. The van der Waals surface area contributed by atoms with Gasteiger partial charge in [0.1, 0.15) is 0 Å². The van der Waals surface area contributed by atoms with Gasteiger partial charge in [0.2, 0.25) is 0 Å². The van der Waals surface area contributed by atoms with E-state index in [1.54, 1.807) is 6.07 Å². The summed E-state index contributed by atoms with van der Waals surface area (Å²) < 4.78 is 19.4. The SMILES string of the molecule is COc1ccc2[nH]cc(CCN3CCCCC3)c2c1F. The van der Waals surface area contributed by atoms with E-state index in [1.807, 2.05) is 12.3 Å². The molecule has 3 nitrogen and oxygen atoms in total. The fourth-order valence-corrected chi connectivity index (χ4v) is 3.04. The van der Waals surface area contributed by atoms with Crippen molar-refractivity contribution in [3.63, 3.8) is 0 Å². The van der Waals surface area contributed by atoms with Crippen LogP contribution in [0.5, 0.6) is 5.75 Å². The molecule has 1 saturated heterocycles. The van der Waals surface area contributed by atoms with E-state index in [1.165, 1.54) is 39.5 Å². The Morgan fingerprint density at radius 1 is 1.25 bits per heavy atom. The zero-order chi connectivity index (χ0) is 13.9. The summed E-state index contributed by atoms with van der Waals surface area (Å²) in [5.41, 5.74) is 1.89. The minimum atomic E-state index is -0.250. The van der Waals surface area contributed by atoms with Crippen molar-refractivity contribution in [1.82, 2.24) is 9.88 Å². The molecule has 4 heteroatoms. The van der Waals surface area contributed by atoms with Gasteiger partial charge >= 0.3 is 0 Å². The van der Waals surface area contributed by atoms with Crippen LogP contribution in [0.3, 0.4) is 0 Å². The highest BCUT2D eigenvalue weighted by atomic mass is 19.1. The van der Waals surface area contributed by atoms with Crippen LogP contribution < -0.4 is 4.74 Å². The molecule has 1 aliphatic heterocycles. The molecule has 108 valence electrons. The summed E-state index contributed by atoms with van der Waals surface area (Å²) in [5.74, 6) is 0.0659. The van der Waals surface area contributed by atoms with Crippen LogP contribution in [-0.2, 0) is 6.42 Å². The fraction of sp³-hybridized carbons (Fsp3) is 0.500. The van der Waals surface area contributed by atoms with Gasteiger partial charge in [0.15, 0.2) is 11.6 Å². The topological polar surface area (TPSA) is 28.3 Å². The van der Waals surface area contributed by atoms with Crippen LogP contribution in [0.15, 0.2) is 18.3 Å². The zero-order valence-corrected chi connectivity index (χ0v) is 11.9. The number of halogens is 1. The van der Waals surface area contributed by atoms with Gasteiger partial charge in [-0.2, -0.15) is 0 Å². The van der Waals surface area contributed by atoms with Crippen LogP contribution in [0.25, 0.3) is 10.9 Å². The van der Waals surface area contributed by atoms with E-state index in [0.717, 1.165) is 24.0 Å². The number of hydrogen-bond donors (Lipinski definition) is 1. The monoisotopic (exact) mass is 276 g/mol. The minimum absolute atomic E-state index is 0.250. The quantitative estimate of drug-likeness (QED) is 0.927. The number of rotatable bonds is 4. The predicted molar refractivity (Wildman–Crippen MR) is 78.8 cm³/mol. The normalized spacial score (nSPS) is 16.7. The maximum Gasteiger partial charge on any atom is 0.174 e. The van der Waals surface area contributed by atoms with Gasteiger partial charge < -0.3 is 14.6 Å². The van der Waals surface area contributed by atoms with Gasteiger partial charge in [-0.3, -0.25) is 0 Å². The molecule has 0 bridgehead atoms. The van der Waals surface area contributed by atoms with Gasteiger partial charge in [-0.15, -0.1) is 0 Å². The number of benzene rings is 1. The van der Waals surface area contributed by atoms with Crippen LogP contribution in [0.4, 0.5) is 4.39 Å². The van der Waals surface area contributed by atoms with Crippen molar-refractivity contribution in [2.75, 3.05) is 26.7 Å². The lowest BCUT2D eigenvalue weighted by molar-refractivity contribution is 0.231. The van der Waals surface area contributed by atoms with Crippen molar-refractivity contribution >= 4 is 10.9 Å². The average Bonchev–Trinajstić information content (AvgIpc) is 2.91. The van der Waals surface area contributed by atoms with Gasteiger partial charge in [-0.1, -0.05) is 6.42 Å². The number of nitrogens with one attached hydrogen (secondary N) is 1. The summed E-state index contributed by atoms with van der Waals surface area (Å²) in [7, 11) is 1.50. The second kappa shape index (κ2) is 5.83. The van der Waals surface area contributed by atoms with Gasteiger partial charge in [0.05, 0.1) is 7.11 Å². The molecule has 2 heterocycles. The van der Waals surface area contributed by atoms with E-state index in [0.29, 0.717) is 11.1 Å². The van der Waals surface area contributed by atoms with E-state index in [2.05, 4.69) is 9.88 Å². The second-order valence-corrected chi connectivity index (χ2v) is 5.47. The molecule has 3 rings (SSSR count). The molecule has 1 aromatic heterocycles. The van der Waals surface area contributed by atoms with Crippen LogP contribution >= 0.6 is 0 Å². The molecule has 1 aliphatic rings. The number of aromatic amines is 1. The molecule has 0 spiro atoms. The third-order valence-electron chi connectivity index (χ3n) is 4.20. The molecule has 1 N–H and O–H groups in total. The van der Waals surface area contributed by atoms with Gasteiger partial charge in [-0.25, -0.2) is 4.39 Å². The highest BCUT2D eigenvalue weighted by molar-refractivity contribution is 5.85. The van der Waals surface area contributed by atoms with E-state index in [-0.39, 0.29) is 5.82 Å². The van der Waals surface area contributed by atoms with Gasteiger partial charge in [0, 0.05) is 23.6 Å². The zero-order valence-electron chi connectivity index (χ0n) is 11.9. The molecule has 0 aliphatic carbocycles. The van der Waals surface area contributed by atoms with E-state index in [9.17, 15) is 4.39 Å². The third kappa shape index (κ3) is 2.52. The number of likely N-dealkylation sites (tertiary alicyclic amines) is 1. The van der Waals surface area contributed by atoms with Crippen molar-refractivity contribution in [2.24, 2.45) is 0 Å². The number of piperidine rings is 1. The highest BCUT2D eigenvalue weighted by Crippen LogP contribution is 2.29. The standard InChI is InChI=1S/C16H21FN2O/c1-20-14-6-5-13-15(16(14)17)12(11-18-13)7-10-19-8-3-2-4-9-19/h5-6,11,18H,2-4,7-10H2,1H3. The number of ether oxygens (including phenoxy) is 1. The fourth-order valence-electron chi connectivity index (χ4n) is 3.04. The number of fused-ring (bicyclic) bond motifs is 1. The summed E-state index contributed by atoms with van der Waals surface area (Å²) in [6.07, 6.45) is 6.72. The Bertz CT molecular complexity index is 587. The Balaban J connectivity index is 1.80. The largest absolute Gasteiger partial charge is 0.494 e. The second-order valence-electron chi connectivity index (χ2n) is 5.47. The maximum atomic E-state index is 14.4. The van der Waals surface area contributed by atoms with E-state index >= 15 is 0 Å². The summed E-state index contributed by atoms with van der Waals surface area (Å²) >= 11 is 0. The summed E-state index contributed by atoms with van der Waals surface area (Å²) in [6.45, 7) is 3.35. The Kier molecular flexibility index (Phi) is 3.92. The Morgan fingerprint density at radius 3 is 2.80 bits per heavy atom. The van der Waals surface area contributed by atoms with Crippen molar-refractivity contribution in [3.05, 3.63) is 29.7 Å². The van der Waals surface area contributed by atoms with Crippen LogP contribution in [-0.4, -0.2) is 36.6 Å². The molecule has 2 aromatic rings. The Labute approximate surface area is 118 Å². The molecular weight excluding hydrogens is 255 g/mol. The number of methoxy groups -OCH3 is 1. The van der Waals surface area contributed by atoms with Gasteiger partial charge in [0.25, 0.3) is 0 Å². The first kappa shape index (κ1) is 13.4. The molecule has 0 saturated carbocycles. The molecule has 1 aromatic carbocycles. The molecule has 0 amide bonds. The van der Waals surface area contributed by atoms with Crippen molar-refractivity contribution in [3.8, 4) is 5.75 Å². The van der Waals surface area contributed by atoms with E-state index < -0.39 is 0 Å². The molecule has 1 fully saturated rings. The predicted octanol–water partition coefficient (Wildman–Crippen LogP) is 3.34. The number of aromatic nitrogens is 1.